The van der Waals surface area contributed by atoms with E-state index in [0.717, 1.165) is 22.3 Å². The average molecular weight is 372 g/mol. The van der Waals surface area contributed by atoms with Crippen LogP contribution in [0.25, 0.3) is 6.08 Å². The van der Waals surface area contributed by atoms with Crippen molar-refractivity contribution in [2.75, 3.05) is 0 Å². The van der Waals surface area contributed by atoms with Crippen LogP contribution in [0.3, 0.4) is 0 Å². The maximum absolute atomic E-state index is 11.9. The van der Waals surface area contributed by atoms with E-state index in [1.807, 2.05) is 91.9 Å². The van der Waals surface area contributed by atoms with Crippen LogP contribution in [-0.4, -0.2) is 0 Å². The molecule has 0 N–H and O–H groups in total. The molecule has 0 atom stereocenters. The van der Waals surface area contributed by atoms with Crippen LogP contribution < -0.4 is 10.2 Å². The summed E-state index contributed by atoms with van der Waals surface area (Å²) in [6, 6.07) is 9.87. The summed E-state index contributed by atoms with van der Waals surface area (Å²) < 4.78 is 0. The minimum absolute atomic E-state index is 0. The Balaban J connectivity index is 0.000000295. The van der Waals surface area contributed by atoms with Crippen molar-refractivity contribution in [3.8, 4) is 0 Å². The van der Waals surface area contributed by atoms with Gasteiger partial charge in [-0.3, -0.25) is 0 Å². The third-order valence-electron chi connectivity index (χ3n) is 3.53. The van der Waals surface area contributed by atoms with Crippen molar-refractivity contribution < 1.29 is 27.3 Å². The van der Waals surface area contributed by atoms with E-state index < -0.39 is 0 Å². The third kappa shape index (κ3) is 6.50. The molecule has 0 saturated carbocycles. The molecule has 2 aliphatic carbocycles. The average Bonchev–Trinajstić information content (AvgIpc) is 3.29. The van der Waals surface area contributed by atoms with Crippen LogP contribution in [0.1, 0.15) is 19.4 Å². The Bertz CT molecular complexity index is 757. The molecule has 0 aliphatic heterocycles. The van der Waals surface area contributed by atoms with Gasteiger partial charge in [0.15, 0.2) is 0 Å². The van der Waals surface area contributed by atoms with E-state index in [-0.39, 0.29) is 28.6 Å². The molecule has 0 radical (unpaired) electrons. The van der Waals surface area contributed by atoms with E-state index in [2.05, 4.69) is 0 Å². The molecule has 0 aromatic heterocycles. The second-order valence-corrected chi connectivity index (χ2v) is 5.47. The molecule has 2 aliphatic rings. The summed E-state index contributed by atoms with van der Waals surface area (Å²) in [5, 5.41) is 22.4. The normalized spacial score (nSPS) is 14.2. The number of benzene rings is 1. The van der Waals surface area contributed by atoms with Crippen molar-refractivity contribution >= 4 is 6.08 Å². The van der Waals surface area contributed by atoms with Crippen LogP contribution in [0.15, 0.2) is 107 Å². The van der Waals surface area contributed by atoms with Crippen molar-refractivity contribution in [3.05, 3.63) is 113 Å². The van der Waals surface area contributed by atoms with E-state index in [0.29, 0.717) is 0 Å². The minimum Gasteiger partial charge on any atom is -0.875 e. The molecule has 25 heavy (non-hydrogen) atoms. The first-order valence-electron chi connectivity index (χ1n) is 7.80. The first kappa shape index (κ1) is 20.6. The topological polar surface area (TPSA) is 46.1 Å². The van der Waals surface area contributed by atoms with Crippen LogP contribution in [-0.2, 0) is 17.1 Å². The Kier molecular flexibility index (Phi) is 8.55. The Hall–Kier alpha value is -2.48. The second kappa shape index (κ2) is 10.4. The predicted molar refractivity (Wildman–Crippen MR) is 96.4 cm³/mol. The van der Waals surface area contributed by atoms with Gasteiger partial charge in [-0.15, -0.1) is 5.76 Å². The molecule has 128 valence electrons. The van der Waals surface area contributed by atoms with Crippen molar-refractivity contribution in [2.24, 2.45) is 0 Å². The minimum atomic E-state index is 0. The van der Waals surface area contributed by atoms with Gasteiger partial charge in [0.2, 0.25) is 0 Å². The molecule has 1 aromatic carbocycles. The molecule has 2 nitrogen and oxygen atoms in total. The molecule has 3 rings (SSSR count). The van der Waals surface area contributed by atoms with Crippen molar-refractivity contribution in [3.63, 3.8) is 0 Å². The Morgan fingerprint density at radius 1 is 0.760 bits per heavy atom. The first-order chi connectivity index (χ1) is 11.6. The van der Waals surface area contributed by atoms with E-state index in [1.54, 1.807) is 6.92 Å². The fourth-order valence-electron chi connectivity index (χ4n) is 2.23. The number of hydrogen-bond donors (Lipinski definition) is 0. The third-order valence-corrected chi connectivity index (χ3v) is 3.53. The van der Waals surface area contributed by atoms with Crippen LogP contribution in [0, 0.1) is 0 Å². The SMILES string of the molecule is CC(=Cc1ccccc1)C([O-])=C1C=CC=C1.CC([O-])=C1C=CC=C1.[Fe+2]. The van der Waals surface area contributed by atoms with Crippen LogP contribution >= 0.6 is 0 Å². The molecule has 0 unspecified atom stereocenters. The summed E-state index contributed by atoms with van der Waals surface area (Å²) in [6.07, 6.45) is 16.7. The molecule has 3 heteroatoms. The van der Waals surface area contributed by atoms with Gasteiger partial charge < -0.3 is 10.2 Å². The van der Waals surface area contributed by atoms with Gasteiger partial charge in [0.25, 0.3) is 0 Å². The Morgan fingerprint density at radius 3 is 1.68 bits per heavy atom. The van der Waals surface area contributed by atoms with E-state index in [9.17, 15) is 10.2 Å². The molecule has 0 fully saturated rings. The summed E-state index contributed by atoms with van der Waals surface area (Å²) >= 11 is 0. The molecular formula is C22H20FeO2. The smallest absolute Gasteiger partial charge is 0.875 e. The predicted octanol–water partition coefficient (Wildman–Crippen LogP) is 3.57. The molecule has 0 saturated heterocycles. The van der Waals surface area contributed by atoms with E-state index in [1.165, 1.54) is 0 Å². The van der Waals surface area contributed by atoms with Gasteiger partial charge >= 0.3 is 17.1 Å². The van der Waals surface area contributed by atoms with Crippen molar-refractivity contribution in [1.29, 1.82) is 0 Å². The fraction of sp³-hybridized carbons (Fsp3) is 0.0909. The van der Waals surface area contributed by atoms with Crippen molar-refractivity contribution in [1.82, 2.24) is 0 Å². The monoisotopic (exact) mass is 372 g/mol. The molecule has 0 amide bonds. The van der Waals surface area contributed by atoms with Gasteiger partial charge in [0.05, 0.1) is 0 Å². The number of rotatable bonds is 2. The molecule has 0 heterocycles. The Labute approximate surface area is 160 Å². The van der Waals surface area contributed by atoms with Gasteiger partial charge in [-0.25, -0.2) is 0 Å². The fourth-order valence-corrected chi connectivity index (χ4v) is 2.23. The van der Waals surface area contributed by atoms with E-state index in [4.69, 9.17) is 0 Å². The van der Waals surface area contributed by atoms with Crippen molar-refractivity contribution in [2.45, 2.75) is 13.8 Å². The van der Waals surface area contributed by atoms with Gasteiger partial charge in [-0.2, -0.15) is 0 Å². The number of allylic oxidation sites excluding steroid dienone is 12. The summed E-state index contributed by atoms with van der Waals surface area (Å²) in [5.41, 5.74) is 3.37. The number of hydrogen-bond acceptors (Lipinski definition) is 2. The summed E-state index contributed by atoms with van der Waals surface area (Å²) in [6.45, 7) is 3.41. The molecular weight excluding hydrogens is 352 g/mol. The largest absolute Gasteiger partial charge is 2.00 e. The second-order valence-electron chi connectivity index (χ2n) is 5.47. The van der Waals surface area contributed by atoms with Gasteiger partial charge in [-0.05, 0) is 23.6 Å². The molecule has 0 bridgehead atoms. The Morgan fingerprint density at radius 2 is 1.24 bits per heavy atom. The molecule has 1 aromatic rings. The van der Waals surface area contributed by atoms with Gasteiger partial charge in [-0.1, -0.05) is 103 Å². The summed E-state index contributed by atoms with van der Waals surface area (Å²) in [7, 11) is 0. The quantitative estimate of drug-likeness (QED) is 0.589. The summed E-state index contributed by atoms with van der Waals surface area (Å²) in [5.74, 6) is 0.226. The maximum Gasteiger partial charge on any atom is 2.00 e. The van der Waals surface area contributed by atoms with Gasteiger partial charge in [0.1, 0.15) is 0 Å². The zero-order valence-electron chi connectivity index (χ0n) is 14.3. The standard InChI is InChI=1S/C15H14O.C7H8O.Fe/c1-12(11-13-7-3-2-4-8-13)15(16)14-9-5-6-10-14;1-6(8)7-4-2-3-5-7;/h2-11,16H,1H3;2-5,8H,1H3;/q;;+2/p-2. The first-order valence-corrected chi connectivity index (χ1v) is 7.80. The van der Waals surface area contributed by atoms with Crippen LogP contribution in [0.5, 0.6) is 0 Å². The van der Waals surface area contributed by atoms with Crippen LogP contribution in [0.4, 0.5) is 0 Å². The zero-order valence-corrected chi connectivity index (χ0v) is 15.4. The zero-order chi connectivity index (χ0) is 17.4. The van der Waals surface area contributed by atoms with Gasteiger partial charge in [0, 0.05) is 0 Å². The molecule has 0 spiro atoms. The summed E-state index contributed by atoms with van der Waals surface area (Å²) in [4.78, 5) is 0. The maximum atomic E-state index is 11.9. The van der Waals surface area contributed by atoms with Crippen LogP contribution in [0.2, 0.25) is 0 Å². The van der Waals surface area contributed by atoms with E-state index >= 15 is 0 Å².